The molecular weight excluding hydrogens is 348 g/mol. The molecule has 1 rings (SSSR count). The number of carbonyl (C=O) groups is 3. The molecule has 0 spiro atoms. The summed E-state index contributed by atoms with van der Waals surface area (Å²) < 4.78 is 4.40. The van der Waals surface area contributed by atoms with Gasteiger partial charge in [0.2, 0.25) is 6.10 Å². The molecule has 12 nitrogen and oxygen atoms in total. The summed E-state index contributed by atoms with van der Waals surface area (Å²) in [5.41, 5.74) is -0.625. The normalized spacial score (nSPS) is 15.6. The van der Waals surface area contributed by atoms with Crippen molar-refractivity contribution in [3.63, 3.8) is 0 Å². The maximum atomic E-state index is 11.8. The maximum Gasteiger partial charge on any atom is 0.347 e. The zero-order valence-electron chi connectivity index (χ0n) is 12.2. The Hall–Kier alpha value is -3.09. The van der Waals surface area contributed by atoms with Gasteiger partial charge >= 0.3 is 17.9 Å². The standard InChI is InChI=1S/C13H14O12/c14-4-1-3(2-5(15)6(4)16)13(24)25-10(12(22)23)8(18)7(17)9(19)11(20)21/h1-2,7-10,14-19H,(H,20,21)(H,22,23)/t7-,8-,9-,10+/m0/s1. The van der Waals surface area contributed by atoms with Gasteiger partial charge in [-0.25, -0.2) is 14.4 Å². The van der Waals surface area contributed by atoms with Crippen molar-refractivity contribution in [1.29, 1.82) is 0 Å². The Morgan fingerprint density at radius 2 is 1.32 bits per heavy atom. The van der Waals surface area contributed by atoms with Crippen molar-refractivity contribution in [3.05, 3.63) is 17.7 Å². The van der Waals surface area contributed by atoms with Crippen molar-refractivity contribution in [3.8, 4) is 17.2 Å². The highest BCUT2D eigenvalue weighted by Gasteiger charge is 2.41. The second-order valence-corrected chi connectivity index (χ2v) is 4.79. The van der Waals surface area contributed by atoms with Crippen LogP contribution in [0.4, 0.5) is 0 Å². The highest BCUT2D eigenvalue weighted by molar-refractivity contribution is 5.92. The van der Waals surface area contributed by atoms with Gasteiger partial charge in [0.05, 0.1) is 5.56 Å². The average molecular weight is 362 g/mol. The van der Waals surface area contributed by atoms with Crippen LogP contribution < -0.4 is 0 Å². The van der Waals surface area contributed by atoms with Crippen LogP contribution >= 0.6 is 0 Å². The summed E-state index contributed by atoms with van der Waals surface area (Å²) >= 11 is 0. The third-order valence-electron chi connectivity index (χ3n) is 3.02. The zero-order chi connectivity index (χ0) is 19.5. The number of aromatic hydroxyl groups is 3. The maximum absolute atomic E-state index is 11.8. The van der Waals surface area contributed by atoms with Gasteiger partial charge in [-0.05, 0) is 12.1 Å². The Morgan fingerprint density at radius 3 is 1.72 bits per heavy atom. The number of phenols is 3. The highest BCUT2D eigenvalue weighted by atomic mass is 16.6. The molecule has 0 unspecified atom stereocenters. The van der Waals surface area contributed by atoms with Crippen molar-refractivity contribution >= 4 is 17.9 Å². The molecule has 4 atom stereocenters. The molecule has 0 fully saturated rings. The van der Waals surface area contributed by atoms with Crippen molar-refractivity contribution < 1.29 is 60.0 Å². The summed E-state index contributed by atoms with van der Waals surface area (Å²) in [6.07, 6.45) is -10.1. The van der Waals surface area contributed by atoms with Crippen LogP contribution in [0.2, 0.25) is 0 Å². The number of hydrogen-bond donors (Lipinski definition) is 8. The molecule has 0 bridgehead atoms. The first kappa shape index (κ1) is 20.0. The minimum Gasteiger partial charge on any atom is -0.504 e. The van der Waals surface area contributed by atoms with E-state index in [1.165, 1.54) is 0 Å². The smallest absolute Gasteiger partial charge is 0.347 e. The first-order valence-corrected chi connectivity index (χ1v) is 6.43. The molecule has 12 heteroatoms. The van der Waals surface area contributed by atoms with Crippen molar-refractivity contribution in [1.82, 2.24) is 0 Å². The molecule has 0 saturated carbocycles. The number of carboxylic acid groups (broad SMARTS) is 2. The number of aliphatic hydroxyl groups excluding tert-OH is 3. The van der Waals surface area contributed by atoms with E-state index < -0.39 is 65.1 Å². The van der Waals surface area contributed by atoms with Crippen molar-refractivity contribution in [2.45, 2.75) is 24.4 Å². The van der Waals surface area contributed by atoms with Gasteiger partial charge < -0.3 is 45.6 Å². The number of carboxylic acids is 2. The van der Waals surface area contributed by atoms with E-state index in [9.17, 15) is 34.8 Å². The number of aliphatic hydroxyl groups is 3. The van der Waals surface area contributed by atoms with E-state index in [0.717, 1.165) is 0 Å². The molecule has 1 aromatic rings. The lowest BCUT2D eigenvalue weighted by molar-refractivity contribution is -0.173. The van der Waals surface area contributed by atoms with Gasteiger partial charge in [0.15, 0.2) is 23.4 Å². The fraction of sp³-hybridized carbons (Fsp3) is 0.308. The molecule has 8 N–H and O–H groups in total. The Bertz CT molecular complexity index is 661. The Balaban J connectivity index is 3.04. The minimum atomic E-state index is -2.56. The van der Waals surface area contributed by atoms with Gasteiger partial charge in [-0.1, -0.05) is 0 Å². The monoisotopic (exact) mass is 362 g/mol. The van der Waals surface area contributed by atoms with Crippen molar-refractivity contribution in [2.24, 2.45) is 0 Å². The van der Waals surface area contributed by atoms with Gasteiger partial charge in [-0.15, -0.1) is 0 Å². The van der Waals surface area contributed by atoms with Crippen LogP contribution in [0.1, 0.15) is 10.4 Å². The first-order chi connectivity index (χ1) is 11.5. The first-order valence-electron chi connectivity index (χ1n) is 6.43. The van der Waals surface area contributed by atoms with Gasteiger partial charge in [-0.2, -0.15) is 0 Å². The van der Waals surface area contributed by atoms with Crippen LogP contribution in [0.15, 0.2) is 12.1 Å². The molecule has 0 radical (unpaired) electrons. The molecule has 0 saturated heterocycles. The Labute approximate surface area is 138 Å². The van der Waals surface area contributed by atoms with E-state index >= 15 is 0 Å². The van der Waals surface area contributed by atoms with E-state index in [-0.39, 0.29) is 0 Å². The SMILES string of the molecule is O=C(O[C@@H](C(=O)O)[C@@H](O)[C@H](O)[C@H](O)C(=O)O)c1cc(O)c(O)c(O)c1. The number of ether oxygens (including phenoxy) is 1. The molecule has 138 valence electrons. The van der Waals surface area contributed by atoms with Crippen LogP contribution in [0, 0.1) is 0 Å². The molecule has 1 aromatic carbocycles. The summed E-state index contributed by atoms with van der Waals surface area (Å²) in [5, 5.41) is 73.4. The lowest BCUT2D eigenvalue weighted by Crippen LogP contribution is -2.51. The molecule has 0 heterocycles. The zero-order valence-corrected chi connectivity index (χ0v) is 12.2. The summed E-state index contributed by atoms with van der Waals surface area (Å²) in [4.78, 5) is 33.5. The minimum absolute atomic E-state index is 0.616. The quantitative estimate of drug-likeness (QED) is 0.187. The number of benzene rings is 1. The second-order valence-electron chi connectivity index (χ2n) is 4.79. The van der Waals surface area contributed by atoms with E-state index in [2.05, 4.69) is 4.74 Å². The number of aliphatic carboxylic acids is 2. The van der Waals surface area contributed by atoms with Crippen LogP contribution in [-0.4, -0.2) is 83.2 Å². The van der Waals surface area contributed by atoms with Crippen LogP contribution in [0.5, 0.6) is 17.2 Å². The summed E-state index contributed by atoms with van der Waals surface area (Å²) in [6.45, 7) is 0. The van der Waals surface area contributed by atoms with Crippen LogP contribution in [0.3, 0.4) is 0 Å². The molecule has 0 aliphatic heterocycles. The number of carbonyl (C=O) groups excluding carboxylic acids is 1. The fourth-order valence-corrected chi connectivity index (χ4v) is 1.68. The second kappa shape index (κ2) is 7.65. The lowest BCUT2D eigenvalue weighted by atomic mass is 10.0. The third-order valence-corrected chi connectivity index (χ3v) is 3.02. The molecule has 25 heavy (non-hydrogen) atoms. The third kappa shape index (κ3) is 4.47. The van der Waals surface area contributed by atoms with Crippen LogP contribution in [-0.2, 0) is 14.3 Å². The predicted molar refractivity (Wildman–Crippen MR) is 73.9 cm³/mol. The van der Waals surface area contributed by atoms with Crippen molar-refractivity contribution in [2.75, 3.05) is 0 Å². The van der Waals surface area contributed by atoms with E-state index in [4.69, 9.17) is 20.4 Å². The van der Waals surface area contributed by atoms with Gasteiger partial charge in [0.1, 0.15) is 12.2 Å². The summed E-state index contributed by atoms with van der Waals surface area (Å²) in [6, 6.07) is 1.23. The van der Waals surface area contributed by atoms with Gasteiger partial charge in [0.25, 0.3) is 0 Å². The molecule has 0 aliphatic carbocycles. The predicted octanol–water partition coefficient (Wildman–Crippen LogP) is -2.42. The number of hydrogen-bond acceptors (Lipinski definition) is 10. The fourth-order valence-electron chi connectivity index (χ4n) is 1.68. The molecule has 0 amide bonds. The lowest BCUT2D eigenvalue weighted by Gasteiger charge is -2.25. The Kier molecular flexibility index (Phi) is 6.11. The largest absolute Gasteiger partial charge is 0.504 e. The molecule has 0 aliphatic rings. The summed E-state index contributed by atoms with van der Waals surface area (Å²) in [5.74, 6) is -8.26. The number of esters is 1. The van der Waals surface area contributed by atoms with E-state index in [1.807, 2.05) is 0 Å². The topological polar surface area (TPSA) is 222 Å². The van der Waals surface area contributed by atoms with Gasteiger partial charge in [0, 0.05) is 0 Å². The average Bonchev–Trinajstić information content (AvgIpc) is 2.54. The molecule has 0 aromatic heterocycles. The number of rotatable bonds is 7. The molecular formula is C13H14O12. The van der Waals surface area contributed by atoms with Crippen LogP contribution in [0.25, 0.3) is 0 Å². The van der Waals surface area contributed by atoms with E-state index in [1.54, 1.807) is 0 Å². The number of phenolic OH excluding ortho intramolecular Hbond substituents is 3. The summed E-state index contributed by atoms with van der Waals surface area (Å²) in [7, 11) is 0. The Morgan fingerprint density at radius 1 is 0.840 bits per heavy atom. The highest BCUT2D eigenvalue weighted by Crippen LogP contribution is 2.35. The van der Waals surface area contributed by atoms with Gasteiger partial charge in [-0.3, -0.25) is 0 Å². The van der Waals surface area contributed by atoms with E-state index in [0.29, 0.717) is 12.1 Å².